The zero-order chi connectivity index (χ0) is 20.8. The van der Waals surface area contributed by atoms with Gasteiger partial charge in [0.05, 0.1) is 24.2 Å². The number of aliphatic hydroxyl groups excluding tert-OH is 1. The van der Waals surface area contributed by atoms with E-state index in [1.807, 2.05) is 54.7 Å². The van der Waals surface area contributed by atoms with E-state index in [0.29, 0.717) is 16.5 Å². The Labute approximate surface area is 170 Å². The molecular formula is C24H14N4O2. The molecule has 0 atom stereocenters. The van der Waals surface area contributed by atoms with Crippen LogP contribution in [0.1, 0.15) is 5.56 Å². The van der Waals surface area contributed by atoms with Crippen LogP contribution in [0.5, 0.6) is 5.75 Å². The van der Waals surface area contributed by atoms with Gasteiger partial charge in [0.25, 0.3) is 0 Å². The first-order valence-corrected chi connectivity index (χ1v) is 9.23. The summed E-state index contributed by atoms with van der Waals surface area (Å²) in [6.45, 7) is 7.19. The highest BCUT2D eigenvalue weighted by Crippen LogP contribution is 2.33. The summed E-state index contributed by atoms with van der Waals surface area (Å²) in [5, 5.41) is 31.2. The van der Waals surface area contributed by atoms with Crippen LogP contribution in [0.2, 0.25) is 0 Å². The van der Waals surface area contributed by atoms with E-state index >= 15 is 0 Å². The highest BCUT2D eigenvalue weighted by atomic mass is 16.5. The van der Waals surface area contributed by atoms with E-state index in [2.05, 4.69) is 15.0 Å². The first-order valence-electron chi connectivity index (χ1n) is 9.23. The van der Waals surface area contributed by atoms with Gasteiger partial charge in [-0.3, -0.25) is 0 Å². The Kier molecular flexibility index (Phi) is 3.96. The summed E-state index contributed by atoms with van der Waals surface area (Å²) in [5.74, 6) is 0.712. The van der Waals surface area contributed by atoms with Crippen molar-refractivity contribution in [1.82, 2.24) is 0 Å². The number of rotatable bonds is 2. The first-order chi connectivity index (χ1) is 14.7. The van der Waals surface area contributed by atoms with Crippen molar-refractivity contribution in [2.45, 2.75) is 6.61 Å². The maximum absolute atomic E-state index is 9.57. The summed E-state index contributed by atoms with van der Waals surface area (Å²) in [5.41, 5.74) is 0.781. The largest absolute Gasteiger partial charge is 0.497 e. The van der Waals surface area contributed by atoms with Gasteiger partial charge in [-0.15, -0.1) is 4.95 Å². The summed E-state index contributed by atoms with van der Waals surface area (Å²) in [6, 6.07) is 15.3. The zero-order valence-electron chi connectivity index (χ0n) is 16.0. The summed E-state index contributed by atoms with van der Waals surface area (Å²) in [6.07, 6.45) is 1.91. The molecule has 30 heavy (non-hydrogen) atoms. The molecule has 0 aliphatic heterocycles. The normalized spacial score (nSPS) is 12.8. The fraction of sp³-hybridized carbons (Fsp3) is 0.0833. The van der Waals surface area contributed by atoms with Gasteiger partial charge < -0.3 is 9.84 Å². The Hall–Kier alpha value is -4.26. The molecule has 6 heteroatoms. The molecule has 0 saturated carbocycles. The van der Waals surface area contributed by atoms with Gasteiger partial charge in [-0.05, 0) is 63.5 Å². The van der Waals surface area contributed by atoms with Crippen LogP contribution in [0.25, 0.3) is 48.0 Å². The molecule has 0 aliphatic rings. The highest BCUT2D eigenvalue weighted by Gasteiger charge is 2.16. The molecule has 0 amide bonds. The van der Waals surface area contributed by atoms with Gasteiger partial charge in [0.2, 0.25) is 6.19 Å². The van der Waals surface area contributed by atoms with E-state index in [9.17, 15) is 10.4 Å². The second-order valence-electron chi connectivity index (χ2n) is 7.00. The topological polar surface area (TPSA) is 82.3 Å². The number of ether oxygens (including phenoxy) is 1. The summed E-state index contributed by atoms with van der Waals surface area (Å²) in [4.78, 5) is 7.36. The average molecular weight is 390 g/mol. The van der Waals surface area contributed by atoms with Crippen molar-refractivity contribution in [3.63, 3.8) is 0 Å². The maximum atomic E-state index is 9.57. The lowest BCUT2D eigenvalue weighted by Crippen LogP contribution is -1.98. The van der Waals surface area contributed by atoms with E-state index in [4.69, 9.17) is 11.3 Å². The van der Waals surface area contributed by atoms with E-state index in [-0.39, 0.29) is 6.61 Å². The van der Waals surface area contributed by atoms with Crippen molar-refractivity contribution in [2.75, 3.05) is 7.11 Å². The van der Waals surface area contributed by atoms with Gasteiger partial charge in [0.1, 0.15) is 5.75 Å². The molecule has 0 fully saturated rings. The van der Waals surface area contributed by atoms with E-state index in [0.717, 1.165) is 48.7 Å². The Morgan fingerprint density at radius 3 is 2.20 bits per heavy atom. The Morgan fingerprint density at radius 1 is 0.900 bits per heavy atom. The molecule has 142 valence electrons. The fourth-order valence-electron chi connectivity index (χ4n) is 4.25. The standard InChI is InChI=1S/C24H14N4O2/c1-26-28-24-16-5-3-13(11-29)7-17(16)19-9-21-20(10-22(19)24)18-8-14(30-2)4-6-15(18)23(21)27-12-25/h3-10,29H,11H2,2H3/b27-23?,28-24-. The number of methoxy groups -OCH3 is 1. The van der Waals surface area contributed by atoms with Crippen LogP contribution in [-0.4, -0.2) is 12.2 Å². The van der Waals surface area contributed by atoms with E-state index in [1.54, 1.807) is 7.11 Å². The summed E-state index contributed by atoms with van der Waals surface area (Å²) >= 11 is 0. The van der Waals surface area contributed by atoms with Crippen LogP contribution in [0.15, 0.2) is 58.6 Å². The van der Waals surface area contributed by atoms with Gasteiger partial charge in [0, 0.05) is 21.5 Å². The minimum atomic E-state index is -0.0742. The first kappa shape index (κ1) is 17.8. The molecular weight excluding hydrogens is 376 g/mol. The van der Waals surface area contributed by atoms with Crippen molar-refractivity contribution in [2.24, 2.45) is 10.1 Å². The number of nitriles is 1. The molecule has 0 spiro atoms. The molecule has 5 aromatic rings. The molecule has 5 rings (SSSR count). The van der Waals surface area contributed by atoms with Gasteiger partial charge >= 0.3 is 0 Å². The van der Waals surface area contributed by atoms with Crippen molar-refractivity contribution in [3.8, 4) is 11.9 Å². The molecule has 5 aromatic carbocycles. The van der Waals surface area contributed by atoms with Crippen molar-refractivity contribution >= 4 is 43.1 Å². The number of fused-ring (bicyclic) bond motifs is 6. The molecule has 0 aliphatic carbocycles. The number of nitrogens with zero attached hydrogens (tertiary/aromatic N) is 4. The number of hydrogen-bond donors (Lipinski definition) is 1. The van der Waals surface area contributed by atoms with E-state index in [1.165, 1.54) is 0 Å². The molecule has 0 aromatic heterocycles. The smallest absolute Gasteiger partial charge is 0.206 e. The monoisotopic (exact) mass is 390 g/mol. The Morgan fingerprint density at radius 2 is 1.53 bits per heavy atom. The third kappa shape index (κ3) is 2.39. The van der Waals surface area contributed by atoms with Crippen molar-refractivity contribution in [3.05, 3.63) is 76.3 Å². The molecule has 0 radical (unpaired) electrons. The van der Waals surface area contributed by atoms with Crippen LogP contribution in [0.3, 0.4) is 0 Å². The molecule has 6 nitrogen and oxygen atoms in total. The lowest BCUT2D eigenvalue weighted by Gasteiger charge is -2.00. The van der Waals surface area contributed by atoms with Crippen LogP contribution < -0.4 is 15.5 Å². The quantitative estimate of drug-likeness (QED) is 0.283. The van der Waals surface area contributed by atoms with Crippen LogP contribution in [0, 0.1) is 18.0 Å². The Bertz CT molecular complexity index is 1560. The van der Waals surface area contributed by atoms with Gasteiger partial charge in [-0.1, -0.05) is 12.1 Å². The average Bonchev–Trinajstić information content (AvgIpc) is 3.25. The molecule has 0 saturated heterocycles. The van der Waals surface area contributed by atoms with Gasteiger partial charge in [0.15, 0.2) is 5.36 Å². The highest BCUT2D eigenvalue weighted by molar-refractivity contribution is 6.21. The SMILES string of the molecule is [C-]#[N+]/N=c1/c2ccc(CO)cc2c2cc3c(=NC#N)c4ccc(OC)cc4c3cc12. The molecule has 0 unspecified atom stereocenters. The van der Waals surface area contributed by atoms with Crippen LogP contribution in [0.4, 0.5) is 0 Å². The summed E-state index contributed by atoms with van der Waals surface area (Å²) in [7, 11) is 1.61. The minimum absolute atomic E-state index is 0.0742. The molecule has 0 heterocycles. The minimum Gasteiger partial charge on any atom is -0.497 e. The third-order valence-corrected chi connectivity index (χ3v) is 5.56. The fourth-order valence-corrected chi connectivity index (χ4v) is 4.25. The summed E-state index contributed by atoms with van der Waals surface area (Å²) < 4.78 is 5.39. The number of hydrogen-bond acceptors (Lipinski definition) is 5. The number of aliphatic hydroxyl groups is 1. The Balaban J connectivity index is 2.08. The van der Waals surface area contributed by atoms with Crippen molar-refractivity contribution < 1.29 is 9.84 Å². The second-order valence-corrected chi connectivity index (χ2v) is 7.00. The van der Waals surface area contributed by atoms with Crippen molar-refractivity contribution in [1.29, 1.82) is 5.26 Å². The van der Waals surface area contributed by atoms with Gasteiger partial charge in [-0.25, -0.2) is 0 Å². The van der Waals surface area contributed by atoms with E-state index < -0.39 is 0 Å². The van der Waals surface area contributed by atoms with Crippen LogP contribution in [-0.2, 0) is 6.61 Å². The lowest BCUT2D eigenvalue weighted by atomic mass is 10.1. The lowest BCUT2D eigenvalue weighted by molar-refractivity contribution is 0.282. The second kappa shape index (κ2) is 6.66. The molecule has 0 bridgehead atoms. The predicted molar refractivity (Wildman–Crippen MR) is 115 cm³/mol. The predicted octanol–water partition coefficient (Wildman–Crippen LogP) is 3.79. The van der Waals surface area contributed by atoms with Crippen LogP contribution >= 0.6 is 0 Å². The number of benzene rings is 3. The third-order valence-electron chi connectivity index (χ3n) is 5.56. The maximum Gasteiger partial charge on any atom is 0.206 e. The molecule has 1 N–H and O–H groups in total. The van der Waals surface area contributed by atoms with Gasteiger partial charge in [-0.2, -0.15) is 16.8 Å². The zero-order valence-corrected chi connectivity index (χ0v) is 16.0.